The van der Waals surface area contributed by atoms with E-state index in [4.69, 9.17) is 4.74 Å². The molecular formula is C9H14N4O2. The number of hydrogen-bond acceptors (Lipinski definition) is 5. The van der Waals surface area contributed by atoms with E-state index in [-0.39, 0.29) is 12.4 Å². The minimum Gasteiger partial charge on any atom is -0.374 e. The number of carbonyl (C=O) groups is 1. The third-order valence-corrected chi connectivity index (χ3v) is 2.37. The molecule has 6 nitrogen and oxygen atoms in total. The molecule has 0 spiro atoms. The van der Waals surface area contributed by atoms with Gasteiger partial charge in [0.05, 0.1) is 12.2 Å². The first-order valence-corrected chi connectivity index (χ1v) is 5.04. The molecule has 0 atom stereocenters. The van der Waals surface area contributed by atoms with E-state index in [1.54, 1.807) is 10.9 Å². The Morgan fingerprint density at radius 1 is 1.73 bits per heavy atom. The van der Waals surface area contributed by atoms with E-state index in [1.165, 1.54) is 0 Å². The molecule has 1 aromatic heterocycles. The Balaban J connectivity index is 1.96. The van der Waals surface area contributed by atoms with Crippen molar-refractivity contribution in [1.82, 2.24) is 20.3 Å². The van der Waals surface area contributed by atoms with Gasteiger partial charge in [0.1, 0.15) is 6.61 Å². The van der Waals surface area contributed by atoms with Crippen LogP contribution in [0.3, 0.4) is 0 Å². The Kier molecular flexibility index (Phi) is 3.08. The summed E-state index contributed by atoms with van der Waals surface area (Å²) in [5, 5.41) is 10.9. The maximum atomic E-state index is 11.5. The zero-order valence-corrected chi connectivity index (χ0v) is 8.64. The van der Waals surface area contributed by atoms with Gasteiger partial charge in [-0.25, -0.2) is 4.68 Å². The van der Waals surface area contributed by atoms with Crippen LogP contribution in [-0.4, -0.2) is 47.1 Å². The van der Waals surface area contributed by atoms with E-state index in [2.05, 4.69) is 15.6 Å². The van der Waals surface area contributed by atoms with Crippen molar-refractivity contribution in [3.05, 3.63) is 11.9 Å². The third-order valence-electron chi connectivity index (χ3n) is 2.37. The van der Waals surface area contributed by atoms with Gasteiger partial charge in [0.25, 0.3) is 0 Å². The first-order valence-electron chi connectivity index (χ1n) is 5.04. The van der Waals surface area contributed by atoms with Crippen LogP contribution in [0.15, 0.2) is 6.20 Å². The van der Waals surface area contributed by atoms with Crippen LogP contribution in [0.25, 0.3) is 0 Å². The Morgan fingerprint density at radius 3 is 3.13 bits per heavy atom. The molecule has 1 saturated heterocycles. The van der Waals surface area contributed by atoms with Crippen LogP contribution in [-0.2, 0) is 4.74 Å². The van der Waals surface area contributed by atoms with Gasteiger partial charge in [0.15, 0.2) is 5.69 Å². The zero-order valence-electron chi connectivity index (χ0n) is 8.64. The highest BCUT2D eigenvalue weighted by molar-refractivity contribution is 5.94. The van der Waals surface area contributed by atoms with Crippen molar-refractivity contribution < 1.29 is 9.53 Å². The number of ketones is 1. The molecule has 0 amide bonds. The van der Waals surface area contributed by atoms with E-state index in [0.717, 1.165) is 13.1 Å². The average Bonchev–Trinajstić information content (AvgIpc) is 2.60. The quantitative estimate of drug-likeness (QED) is 0.672. The molecule has 1 aliphatic rings. The molecule has 2 rings (SSSR count). The van der Waals surface area contributed by atoms with Gasteiger partial charge in [-0.3, -0.25) is 4.79 Å². The fraction of sp³-hybridized carbons (Fsp3) is 0.667. The van der Waals surface area contributed by atoms with Crippen molar-refractivity contribution in [3.63, 3.8) is 0 Å². The van der Waals surface area contributed by atoms with E-state index in [1.807, 2.05) is 6.92 Å². The summed E-state index contributed by atoms with van der Waals surface area (Å²) in [5.74, 6) is -0.115. The highest BCUT2D eigenvalue weighted by Gasteiger charge is 2.21. The fourth-order valence-electron chi connectivity index (χ4n) is 1.31. The van der Waals surface area contributed by atoms with Gasteiger partial charge in [0, 0.05) is 19.7 Å². The van der Waals surface area contributed by atoms with Gasteiger partial charge in [-0.2, -0.15) is 0 Å². The van der Waals surface area contributed by atoms with Crippen molar-refractivity contribution in [2.75, 3.05) is 26.3 Å². The summed E-state index contributed by atoms with van der Waals surface area (Å²) in [6, 6.07) is 0.339. The zero-order chi connectivity index (χ0) is 10.7. The molecule has 0 bridgehead atoms. The molecular weight excluding hydrogens is 196 g/mol. The van der Waals surface area contributed by atoms with Crippen LogP contribution in [0.4, 0.5) is 0 Å². The standard InChI is InChI=1S/C9H14N4O2/c1-2-15-6-9(14)8-5-13(12-11-8)7-3-10-4-7/h5,7,10H,2-4,6H2,1H3. The smallest absolute Gasteiger partial charge is 0.210 e. The van der Waals surface area contributed by atoms with Crippen LogP contribution in [0.2, 0.25) is 0 Å². The number of Topliss-reactive ketones (excluding diaryl/α,β-unsaturated/α-hetero) is 1. The summed E-state index contributed by atoms with van der Waals surface area (Å²) in [6.45, 7) is 4.25. The Hall–Kier alpha value is -1.27. The van der Waals surface area contributed by atoms with Crippen molar-refractivity contribution in [2.45, 2.75) is 13.0 Å². The normalized spacial score (nSPS) is 16.3. The number of rotatable bonds is 5. The minimum atomic E-state index is -0.115. The Bertz CT molecular complexity index is 346. The van der Waals surface area contributed by atoms with E-state index in [0.29, 0.717) is 18.3 Å². The van der Waals surface area contributed by atoms with Gasteiger partial charge in [-0.05, 0) is 6.92 Å². The lowest BCUT2D eigenvalue weighted by Gasteiger charge is -2.26. The molecule has 1 N–H and O–H groups in total. The van der Waals surface area contributed by atoms with Crippen LogP contribution >= 0.6 is 0 Å². The van der Waals surface area contributed by atoms with Crippen molar-refractivity contribution in [2.24, 2.45) is 0 Å². The maximum Gasteiger partial charge on any atom is 0.210 e. The Morgan fingerprint density at radius 2 is 2.53 bits per heavy atom. The second-order valence-corrected chi connectivity index (χ2v) is 3.46. The van der Waals surface area contributed by atoms with Crippen LogP contribution in [0, 0.1) is 0 Å². The van der Waals surface area contributed by atoms with E-state index >= 15 is 0 Å². The Labute approximate surface area is 87.6 Å². The second-order valence-electron chi connectivity index (χ2n) is 3.46. The predicted molar refractivity (Wildman–Crippen MR) is 52.8 cm³/mol. The summed E-state index contributed by atoms with van der Waals surface area (Å²) >= 11 is 0. The average molecular weight is 210 g/mol. The monoisotopic (exact) mass is 210 g/mol. The summed E-state index contributed by atoms with van der Waals surface area (Å²) in [7, 11) is 0. The molecule has 2 heterocycles. The van der Waals surface area contributed by atoms with Crippen molar-refractivity contribution >= 4 is 5.78 Å². The maximum absolute atomic E-state index is 11.5. The summed E-state index contributed by atoms with van der Waals surface area (Å²) in [5.41, 5.74) is 0.385. The van der Waals surface area contributed by atoms with E-state index < -0.39 is 0 Å². The molecule has 0 aromatic carbocycles. The predicted octanol–water partition coefficient (Wildman–Crippen LogP) is -0.358. The first-order chi connectivity index (χ1) is 7.31. The van der Waals surface area contributed by atoms with Crippen LogP contribution < -0.4 is 5.32 Å². The van der Waals surface area contributed by atoms with Crippen LogP contribution in [0.1, 0.15) is 23.5 Å². The van der Waals surface area contributed by atoms with Gasteiger partial charge in [-0.1, -0.05) is 5.21 Å². The highest BCUT2D eigenvalue weighted by atomic mass is 16.5. The molecule has 0 radical (unpaired) electrons. The number of ether oxygens (including phenoxy) is 1. The molecule has 1 aliphatic heterocycles. The molecule has 82 valence electrons. The molecule has 15 heavy (non-hydrogen) atoms. The molecule has 1 aromatic rings. The van der Waals surface area contributed by atoms with Gasteiger partial charge in [0.2, 0.25) is 5.78 Å². The van der Waals surface area contributed by atoms with Crippen molar-refractivity contribution in [3.8, 4) is 0 Å². The highest BCUT2D eigenvalue weighted by Crippen LogP contribution is 2.09. The lowest BCUT2D eigenvalue weighted by Crippen LogP contribution is -2.43. The number of carbonyl (C=O) groups excluding carboxylic acids is 1. The lowest BCUT2D eigenvalue weighted by atomic mass is 10.2. The lowest BCUT2D eigenvalue weighted by molar-refractivity contribution is 0.0778. The number of aromatic nitrogens is 3. The molecule has 6 heteroatoms. The minimum absolute atomic E-state index is 0.0815. The summed E-state index contributed by atoms with van der Waals surface area (Å²) in [4.78, 5) is 11.5. The fourth-order valence-corrected chi connectivity index (χ4v) is 1.31. The SMILES string of the molecule is CCOCC(=O)c1cn(C2CNC2)nn1. The largest absolute Gasteiger partial charge is 0.374 e. The third kappa shape index (κ3) is 2.21. The van der Waals surface area contributed by atoms with Crippen molar-refractivity contribution in [1.29, 1.82) is 0 Å². The van der Waals surface area contributed by atoms with Gasteiger partial charge in [-0.15, -0.1) is 5.10 Å². The van der Waals surface area contributed by atoms with Gasteiger partial charge >= 0.3 is 0 Å². The second kappa shape index (κ2) is 4.50. The number of nitrogens with zero attached hydrogens (tertiary/aromatic N) is 3. The van der Waals surface area contributed by atoms with Crippen LogP contribution in [0.5, 0.6) is 0 Å². The summed E-state index contributed by atoms with van der Waals surface area (Å²) in [6.07, 6.45) is 1.69. The topological polar surface area (TPSA) is 69.0 Å². The van der Waals surface area contributed by atoms with Gasteiger partial charge < -0.3 is 10.1 Å². The first kappa shape index (κ1) is 10.3. The molecule has 0 unspecified atom stereocenters. The summed E-state index contributed by atoms with van der Waals surface area (Å²) < 4.78 is 6.75. The van der Waals surface area contributed by atoms with E-state index in [9.17, 15) is 4.79 Å². The molecule has 0 aliphatic carbocycles. The number of nitrogens with one attached hydrogen (secondary N) is 1. The molecule has 1 fully saturated rings. The molecule has 0 saturated carbocycles. The number of hydrogen-bond donors (Lipinski definition) is 1.